The van der Waals surface area contributed by atoms with Crippen molar-refractivity contribution >= 4 is 22.8 Å². The Morgan fingerprint density at radius 3 is 2.60 bits per heavy atom. The number of hydrogen-bond donors (Lipinski definition) is 1. The molecule has 0 aromatic heterocycles. The standard InChI is InChI=1S/C9H9FN4S/c1-15-9-12-11-8(13-14(9)10)7-5-3-2-4-6-7/h2-6H,1H3,(H,11,13). The van der Waals surface area contributed by atoms with E-state index in [0.29, 0.717) is 11.1 Å². The Balaban J connectivity index is 2.27. The molecule has 1 aromatic rings. The molecule has 2 rings (SSSR count). The van der Waals surface area contributed by atoms with Crippen LogP contribution in [-0.4, -0.2) is 22.5 Å². The normalized spacial score (nSPS) is 15.5. The molecule has 0 saturated heterocycles. The first-order valence-electron chi connectivity index (χ1n) is 4.29. The van der Waals surface area contributed by atoms with Crippen LogP contribution in [0.4, 0.5) is 4.48 Å². The molecule has 15 heavy (non-hydrogen) atoms. The number of nitrogens with one attached hydrogen (secondary N) is 1. The van der Waals surface area contributed by atoms with Gasteiger partial charge in [0.2, 0.25) is 5.17 Å². The number of hydrogen-bond acceptors (Lipinski definition) is 5. The van der Waals surface area contributed by atoms with Crippen molar-refractivity contribution in [3.05, 3.63) is 35.9 Å². The zero-order chi connectivity index (χ0) is 10.7. The van der Waals surface area contributed by atoms with Crippen LogP contribution in [0.5, 0.6) is 0 Å². The van der Waals surface area contributed by atoms with Gasteiger partial charge in [0.25, 0.3) is 0 Å². The van der Waals surface area contributed by atoms with E-state index in [4.69, 9.17) is 0 Å². The van der Waals surface area contributed by atoms with Crippen molar-refractivity contribution < 1.29 is 4.48 Å². The van der Waals surface area contributed by atoms with E-state index in [9.17, 15) is 4.48 Å². The smallest absolute Gasteiger partial charge is 0.236 e. The van der Waals surface area contributed by atoms with Crippen LogP contribution in [0.3, 0.4) is 0 Å². The number of benzene rings is 1. The molecule has 0 unspecified atom stereocenters. The lowest BCUT2D eigenvalue weighted by Gasteiger charge is -2.19. The molecule has 1 aliphatic rings. The molecule has 0 radical (unpaired) electrons. The summed E-state index contributed by atoms with van der Waals surface area (Å²) in [4.78, 5) is 0. The highest BCUT2D eigenvalue weighted by Crippen LogP contribution is 2.10. The fourth-order valence-corrected chi connectivity index (χ4v) is 1.46. The Hall–Kier alpha value is -1.56. The second kappa shape index (κ2) is 4.31. The Bertz CT molecular complexity index is 404. The van der Waals surface area contributed by atoms with E-state index < -0.39 is 0 Å². The average Bonchev–Trinajstić information content (AvgIpc) is 2.30. The molecule has 0 atom stereocenters. The molecule has 1 aromatic carbocycles. The van der Waals surface area contributed by atoms with Crippen molar-refractivity contribution in [1.29, 1.82) is 0 Å². The lowest BCUT2D eigenvalue weighted by atomic mass is 10.2. The Morgan fingerprint density at radius 2 is 2.00 bits per heavy atom. The van der Waals surface area contributed by atoms with Gasteiger partial charge in [-0.25, -0.2) is 5.43 Å². The van der Waals surface area contributed by atoms with Gasteiger partial charge in [-0.2, -0.15) is 0 Å². The number of rotatable bonds is 1. The monoisotopic (exact) mass is 224 g/mol. The molecule has 1 heterocycles. The zero-order valence-corrected chi connectivity index (χ0v) is 8.83. The number of halogens is 1. The molecular weight excluding hydrogens is 215 g/mol. The van der Waals surface area contributed by atoms with E-state index in [-0.39, 0.29) is 5.17 Å². The lowest BCUT2D eigenvalue weighted by molar-refractivity contribution is 0.0902. The number of thioether (sulfide) groups is 1. The summed E-state index contributed by atoms with van der Waals surface area (Å²) in [6.07, 6.45) is 1.73. The van der Waals surface area contributed by atoms with Crippen molar-refractivity contribution in [3.8, 4) is 0 Å². The summed E-state index contributed by atoms with van der Waals surface area (Å²) in [5.74, 6) is 0.399. The van der Waals surface area contributed by atoms with Crippen LogP contribution < -0.4 is 5.43 Å². The van der Waals surface area contributed by atoms with Gasteiger partial charge in [-0.05, 0) is 6.26 Å². The van der Waals surface area contributed by atoms with E-state index in [2.05, 4.69) is 15.6 Å². The second-order valence-electron chi connectivity index (χ2n) is 2.79. The summed E-state index contributed by atoms with van der Waals surface area (Å²) in [5.41, 5.74) is 3.29. The third-order valence-electron chi connectivity index (χ3n) is 1.84. The van der Waals surface area contributed by atoms with Crippen LogP contribution in [0.15, 0.2) is 40.5 Å². The van der Waals surface area contributed by atoms with Gasteiger partial charge in [0.15, 0.2) is 5.84 Å². The quantitative estimate of drug-likeness (QED) is 0.739. The molecule has 4 nitrogen and oxygen atoms in total. The van der Waals surface area contributed by atoms with E-state index >= 15 is 0 Å². The number of hydrazine groups is 1. The van der Waals surface area contributed by atoms with Gasteiger partial charge >= 0.3 is 0 Å². The van der Waals surface area contributed by atoms with Crippen molar-refractivity contribution in [2.24, 2.45) is 10.2 Å². The van der Waals surface area contributed by atoms with E-state index in [1.54, 1.807) is 6.26 Å². The van der Waals surface area contributed by atoms with Crippen molar-refractivity contribution in [2.75, 3.05) is 6.26 Å². The third-order valence-corrected chi connectivity index (χ3v) is 2.44. The predicted molar refractivity (Wildman–Crippen MR) is 60.0 cm³/mol. The molecule has 78 valence electrons. The van der Waals surface area contributed by atoms with Crippen LogP contribution in [-0.2, 0) is 0 Å². The Kier molecular flexibility index (Phi) is 2.86. The minimum absolute atomic E-state index is 0.190. The Morgan fingerprint density at radius 1 is 1.27 bits per heavy atom. The molecule has 0 spiro atoms. The lowest BCUT2D eigenvalue weighted by Crippen LogP contribution is -2.42. The van der Waals surface area contributed by atoms with Crippen LogP contribution in [0.1, 0.15) is 5.56 Å². The zero-order valence-electron chi connectivity index (χ0n) is 8.01. The predicted octanol–water partition coefficient (Wildman–Crippen LogP) is 1.77. The SMILES string of the molecule is CSC1=NN=C(c2ccccc2)NN1F. The summed E-state index contributed by atoms with van der Waals surface area (Å²) in [6.45, 7) is 0. The molecule has 0 amide bonds. The van der Waals surface area contributed by atoms with E-state index in [1.165, 1.54) is 11.8 Å². The number of nitrogens with zero attached hydrogens (tertiary/aromatic N) is 3. The maximum atomic E-state index is 13.3. The van der Waals surface area contributed by atoms with Gasteiger partial charge in [0.1, 0.15) is 0 Å². The summed E-state index contributed by atoms with van der Waals surface area (Å²) >= 11 is 1.18. The van der Waals surface area contributed by atoms with Gasteiger partial charge in [0, 0.05) is 5.56 Å². The van der Waals surface area contributed by atoms with E-state index in [1.807, 2.05) is 30.3 Å². The summed E-state index contributed by atoms with van der Waals surface area (Å²) in [5, 5.41) is 8.19. The maximum absolute atomic E-state index is 13.3. The van der Waals surface area contributed by atoms with Gasteiger partial charge in [-0.1, -0.05) is 51.8 Å². The largest absolute Gasteiger partial charge is 0.249 e. The first kappa shape index (κ1) is 9.97. The molecule has 0 saturated carbocycles. The first-order valence-corrected chi connectivity index (χ1v) is 5.51. The first-order chi connectivity index (χ1) is 7.31. The second-order valence-corrected chi connectivity index (χ2v) is 3.57. The van der Waals surface area contributed by atoms with Crippen LogP contribution >= 0.6 is 11.8 Å². The van der Waals surface area contributed by atoms with Crippen molar-refractivity contribution in [3.63, 3.8) is 0 Å². The van der Waals surface area contributed by atoms with Crippen molar-refractivity contribution in [1.82, 2.24) is 10.7 Å². The molecule has 1 aliphatic heterocycles. The molecule has 0 fully saturated rings. The van der Waals surface area contributed by atoms with Gasteiger partial charge in [-0.15, -0.1) is 10.2 Å². The molecule has 0 aliphatic carbocycles. The molecule has 1 N–H and O–H groups in total. The summed E-state index contributed by atoms with van der Waals surface area (Å²) < 4.78 is 13.3. The summed E-state index contributed by atoms with van der Waals surface area (Å²) in [7, 11) is 0. The number of amidine groups is 2. The molecule has 0 bridgehead atoms. The van der Waals surface area contributed by atoms with Crippen molar-refractivity contribution in [2.45, 2.75) is 0 Å². The highest BCUT2D eigenvalue weighted by Gasteiger charge is 2.17. The van der Waals surface area contributed by atoms with Crippen LogP contribution in [0.2, 0.25) is 0 Å². The highest BCUT2D eigenvalue weighted by atomic mass is 32.2. The van der Waals surface area contributed by atoms with Gasteiger partial charge in [-0.3, -0.25) is 0 Å². The molecule has 6 heteroatoms. The fraction of sp³-hybridized carbons (Fsp3) is 0.111. The average molecular weight is 224 g/mol. The minimum atomic E-state index is 0.190. The topological polar surface area (TPSA) is 40.0 Å². The Labute approximate surface area is 90.8 Å². The highest BCUT2D eigenvalue weighted by molar-refractivity contribution is 8.13. The minimum Gasteiger partial charge on any atom is -0.249 e. The van der Waals surface area contributed by atoms with Gasteiger partial charge < -0.3 is 0 Å². The van der Waals surface area contributed by atoms with Crippen LogP contribution in [0, 0.1) is 0 Å². The molecular formula is C9H9FN4S. The third kappa shape index (κ3) is 2.10. The van der Waals surface area contributed by atoms with Gasteiger partial charge in [0.05, 0.1) is 0 Å². The van der Waals surface area contributed by atoms with E-state index in [0.717, 1.165) is 5.56 Å². The summed E-state index contributed by atoms with van der Waals surface area (Å²) in [6, 6.07) is 9.26. The maximum Gasteiger partial charge on any atom is 0.236 e. The van der Waals surface area contributed by atoms with Crippen LogP contribution in [0.25, 0.3) is 0 Å². The fourth-order valence-electron chi connectivity index (χ4n) is 1.13.